The van der Waals surface area contributed by atoms with Crippen molar-refractivity contribution in [2.45, 2.75) is 38.8 Å². The molecule has 2 aliphatic rings. The zero-order chi connectivity index (χ0) is 15.0. The van der Waals surface area contributed by atoms with Crippen molar-refractivity contribution in [3.8, 4) is 5.75 Å². The van der Waals surface area contributed by atoms with Gasteiger partial charge in [-0.25, -0.2) is 4.79 Å². The summed E-state index contributed by atoms with van der Waals surface area (Å²) in [5.41, 5.74) is -0.0653. The van der Waals surface area contributed by atoms with Crippen LogP contribution in [-0.2, 0) is 11.3 Å². The van der Waals surface area contributed by atoms with Gasteiger partial charge in [0.15, 0.2) is 0 Å². The molecule has 6 heteroatoms. The van der Waals surface area contributed by atoms with Crippen LogP contribution in [0, 0.1) is 5.92 Å². The van der Waals surface area contributed by atoms with Gasteiger partial charge in [-0.1, -0.05) is 0 Å². The second-order valence-electron chi connectivity index (χ2n) is 5.72. The Balaban J connectivity index is 1.72. The van der Waals surface area contributed by atoms with Crippen molar-refractivity contribution in [1.82, 2.24) is 15.2 Å². The molecule has 1 N–H and O–H groups in total. The van der Waals surface area contributed by atoms with Crippen molar-refractivity contribution >= 4 is 11.9 Å². The highest BCUT2D eigenvalue weighted by Crippen LogP contribution is 2.42. The number of hydrogen-bond donors (Lipinski definition) is 1. The maximum atomic E-state index is 12.5. The highest BCUT2D eigenvalue weighted by atomic mass is 16.5. The molecule has 1 aromatic rings. The summed E-state index contributed by atoms with van der Waals surface area (Å²) in [6.45, 7) is 4.49. The molecule has 21 heavy (non-hydrogen) atoms. The molecule has 0 aromatic carbocycles. The van der Waals surface area contributed by atoms with E-state index < -0.39 is 5.54 Å². The van der Waals surface area contributed by atoms with Crippen molar-refractivity contribution in [3.05, 3.63) is 24.0 Å². The Morgan fingerprint density at radius 1 is 1.43 bits per heavy atom. The molecular formula is C15H19N3O3. The van der Waals surface area contributed by atoms with Crippen LogP contribution in [0.5, 0.6) is 5.75 Å². The minimum atomic E-state index is -0.734. The number of pyridine rings is 1. The predicted octanol–water partition coefficient (Wildman–Crippen LogP) is 1.70. The van der Waals surface area contributed by atoms with Crippen molar-refractivity contribution in [2.24, 2.45) is 5.92 Å². The average molecular weight is 289 g/mol. The SMILES string of the molecule is CCOc1ccc(CN2C(=O)NC(C)(C3CC3)C2=O)nc1. The standard InChI is InChI=1S/C15H19N3O3/c1-3-21-12-7-6-11(16-8-12)9-18-13(19)15(2,10-4-5-10)17-14(18)20/h6-8,10H,3-5,9H2,1-2H3,(H,17,20). The van der Waals surface area contributed by atoms with Crippen LogP contribution in [-0.4, -0.2) is 34.0 Å². The predicted molar refractivity (Wildman–Crippen MR) is 75.6 cm³/mol. The Kier molecular flexibility index (Phi) is 3.31. The monoisotopic (exact) mass is 289 g/mol. The highest BCUT2D eigenvalue weighted by molar-refractivity contribution is 6.07. The number of urea groups is 1. The summed E-state index contributed by atoms with van der Waals surface area (Å²) >= 11 is 0. The van der Waals surface area contributed by atoms with Gasteiger partial charge in [0, 0.05) is 0 Å². The lowest BCUT2D eigenvalue weighted by Gasteiger charge is -2.20. The Morgan fingerprint density at radius 2 is 2.19 bits per heavy atom. The highest BCUT2D eigenvalue weighted by Gasteiger charge is 2.55. The van der Waals surface area contributed by atoms with Gasteiger partial charge in [-0.15, -0.1) is 0 Å². The molecule has 6 nitrogen and oxygen atoms in total. The van der Waals surface area contributed by atoms with Crippen molar-refractivity contribution in [2.75, 3.05) is 6.61 Å². The van der Waals surface area contributed by atoms with Crippen LogP contribution < -0.4 is 10.1 Å². The maximum Gasteiger partial charge on any atom is 0.325 e. The molecule has 1 saturated carbocycles. The Morgan fingerprint density at radius 3 is 2.76 bits per heavy atom. The molecule has 3 rings (SSSR count). The molecule has 1 aliphatic carbocycles. The fourth-order valence-electron chi connectivity index (χ4n) is 2.72. The first-order valence-electron chi connectivity index (χ1n) is 7.26. The number of nitrogens with one attached hydrogen (secondary N) is 1. The van der Waals surface area contributed by atoms with Gasteiger partial charge in [-0.3, -0.25) is 14.7 Å². The Labute approximate surface area is 123 Å². The fourth-order valence-corrected chi connectivity index (χ4v) is 2.72. The van der Waals surface area contributed by atoms with Crippen molar-refractivity contribution in [1.29, 1.82) is 0 Å². The maximum absolute atomic E-state index is 12.5. The lowest BCUT2D eigenvalue weighted by Crippen LogP contribution is -2.46. The minimum absolute atomic E-state index is 0.148. The molecule has 1 aliphatic heterocycles. The van der Waals surface area contributed by atoms with E-state index in [9.17, 15) is 9.59 Å². The smallest absolute Gasteiger partial charge is 0.325 e. The molecule has 1 unspecified atom stereocenters. The van der Waals surface area contributed by atoms with Crippen LogP contribution >= 0.6 is 0 Å². The van der Waals surface area contributed by atoms with Crippen molar-refractivity contribution in [3.63, 3.8) is 0 Å². The molecule has 112 valence electrons. The summed E-state index contributed by atoms with van der Waals surface area (Å²) in [4.78, 5) is 30.0. The minimum Gasteiger partial charge on any atom is -0.492 e. The molecule has 1 saturated heterocycles. The molecule has 2 fully saturated rings. The van der Waals surface area contributed by atoms with Gasteiger partial charge in [0.05, 0.1) is 25.0 Å². The van der Waals surface area contributed by atoms with Gasteiger partial charge < -0.3 is 10.1 Å². The number of nitrogens with zero attached hydrogens (tertiary/aromatic N) is 2. The Bertz CT molecular complexity index is 568. The molecule has 3 amide bonds. The van der Waals surface area contributed by atoms with Gasteiger partial charge in [0.25, 0.3) is 5.91 Å². The second kappa shape index (κ2) is 5.02. The van der Waals surface area contributed by atoms with E-state index in [4.69, 9.17) is 4.74 Å². The summed E-state index contributed by atoms with van der Waals surface area (Å²) in [5, 5.41) is 2.83. The zero-order valence-corrected chi connectivity index (χ0v) is 12.3. The number of amides is 3. The first-order valence-corrected chi connectivity index (χ1v) is 7.26. The normalized spacial score (nSPS) is 25.1. The first kappa shape index (κ1) is 13.9. The van der Waals surface area contributed by atoms with Crippen LogP contribution in [0.1, 0.15) is 32.4 Å². The molecule has 0 bridgehead atoms. The van der Waals surface area contributed by atoms with Crippen LogP contribution in [0.15, 0.2) is 18.3 Å². The quantitative estimate of drug-likeness (QED) is 0.837. The van der Waals surface area contributed by atoms with E-state index in [1.54, 1.807) is 18.3 Å². The van der Waals surface area contributed by atoms with E-state index in [1.165, 1.54) is 4.90 Å². The number of imide groups is 1. The van der Waals surface area contributed by atoms with Crippen LogP contribution in [0.4, 0.5) is 4.79 Å². The third-order valence-electron chi connectivity index (χ3n) is 4.12. The number of carbonyl (C=O) groups is 2. The van der Waals surface area contributed by atoms with E-state index in [2.05, 4.69) is 10.3 Å². The zero-order valence-electron chi connectivity index (χ0n) is 12.3. The number of carbonyl (C=O) groups excluding carboxylic acids is 2. The van der Waals surface area contributed by atoms with Gasteiger partial charge in [-0.05, 0) is 44.7 Å². The third-order valence-corrected chi connectivity index (χ3v) is 4.12. The van der Waals surface area contributed by atoms with Gasteiger partial charge in [0.1, 0.15) is 11.3 Å². The summed E-state index contributed by atoms with van der Waals surface area (Å²) < 4.78 is 5.32. The van der Waals surface area contributed by atoms with E-state index in [0.29, 0.717) is 18.1 Å². The molecule has 0 radical (unpaired) electrons. The summed E-state index contributed by atoms with van der Waals surface area (Å²) in [5.74, 6) is 0.805. The van der Waals surface area contributed by atoms with Crippen LogP contribution in [0.25, 0.3) is 0 Å². The topological polar surface area (TPSA) is 71.5 Å². The number of rotatable bonds is 5. The van der Waals surface area contributed by atoms with E-state index in [0.717, 1.165) is 12.8 Å². The lowest BCUT2D eigenvalue weighted by atomic mass is 9.96. The van der Waals surface area contributed by atoms with E-state index in [-0.39, 0.29) is 24.4 Å². The summed E-state index contributed by atoms with van der Waals surface area (Å²) in [6, 6.07) is 3.24. The fraction of sp³-hybridized carbons (Fsp3) is 0.533. The average Bonchev–Trinajstić information content (AvgIpc) is 3.27. The van der Waals surface area contributed by atoms with Crippen LogP contribution in [0.3, 0.4) is 0 Å². The Hall–Kier alpha value is -2.11. The van der Waals surface area contributed by atoms with Gasteiger partial charge in [0.2, 0.25) is 0 Å². The largest absolute Gasteiger partial charge is 0.492 e. The number of hydrogen-bond acceptors (Lipinski definition) is 4. The molecule has 0 spiro atoms. The molecule has 1 atom stereocenters. The van der Waals surface area contributed by atoms with E-state index >= 15 is 0 Å². The van der Waals surface area contributed by atoms with Gasteiger partial charge >= 0.3 is 6.03 Å². The van der Waals surface area contributed by atoms with E-state index in [1.807, 2.05) is 13.8 Å². The van der Waals surface area contributed by atoms with Crippen molar-refractivity contribution < 1.29 is 14.3 Å². The first-order chi connectivity index (χ1) is 10.0. The van der Waals surface area contributed by atoms with Gasteiger partial charge in [-0.2, -0.15) is 0 Å². The molecule has 2 heterocycles. The lowest BCUT2D eigenvalue weighted by molar-refractivity contribution is -0.131. The summed E-state index contributed by atoms with van der Waals surface area (Å²) in [6.07, 6.45) is 3.60. The van der Waals surface area contributed by atoms with Crippen LogP contribution in [0.2, 0.25) is 0 Å². The number of ether oxygens (including phenoxy) is 1. The molecule has 1 aromatic heterocycles. The third kappa shape index (κ3) is 2.46. The molecular weight excluding hydrogens is 270 g/mol. The summed E-state index contributed by atoms with van der Waals surface area (Å²) in [7, 11) is 0. The second-order valence-corrected chi connectivity index (χ2v) is 5.72. The number of aromatic nitrogens is 1.